The number of piperidine rings is 1. The van der Waals surface area contributed by atoms with Gasteiger partial charge in [-0.05, 0) is 36.8 Å². The Hall–Kier alpha value is -1.55. The second-order valence-corrected chi connectivity index (χ2v) is 5.85. The largest absolute Gasteiger partial charge is 0.483 e. The van der Waals surface area contributed by atoms with Gasteiger partial charge in [-0.1, -0.05) is 32.0 Å². The summed E-state index contributed by atoms with van der Waals surface area (Å²) in [6.07, 6.45) is 2.82. The molecule has 0 aliphatic carbocycles. The lowest BCUT2D eigenvalue weighted by Crippen LogP contribution is -2.44. The van der Waals surface area contributed by atoms with Gasteiger partial charge in [-0.15, -0.1) is 0 Å². The topological polar surface area (TPSA) is 55.6 Å². The summed E-state index contributed by atoms with van der Waals surface area (Å²) in [6, 6.07) is 8.23. The lowest BCUT2D eigenvalue weighted by Gasteiger charge is -2.30. The Kier molecular flexibility index (Phi) is 5.62. The number of nitrogens with two attached hydrogens (primary N) is 1. The predicted molar refractivity (Wildman–Crippen MR) is 84.4 cm³/mol. The van der Waals surface area contributed by atoms with Crippen LogP contribution in [0.25, 0.3) is 0 Å². The molecule has 0 aromatic heterocycles. The molecule has 1 saturated heterocycles. The number of nitrogens with zero attached hydrogens (tertiary/aromatic N) is 1. The van der Waals surface area contributed by atoms with Crippen LogP contribution in [-0.4, -0.2) is 36.5 Å². The second kappa shape index (κ2) is 7.46. The van der Waals surface area contributed by atoms with E-state index < -0.39 is 0 Å². The third-order valence-electron chi connectivity index (χ3n) is 4.31. The number of ether oxygens (including phenoxy) is 1. The average molecular weight is 290 g/mol. The van der Waals surface area contributed by atoms with E-state index in [9.17, 15) is 4.79 Å². The van der Waals surface area contributed by atoms with Crippen LogP contribution in [-0.2, 0) is 4.79 Å². The monoisotopic (exact) mass is 290 g/mol. The lowest BCUT2D eigenvalue weighted by atomic mass is 9.98. The van der Waals surface area contributed by atoms with E-state index in [1.54, 1.807) is 0 Å². The van der Waals surface area contributed by atoms with Crippen molar-refractivity contribution in [1.29, 1.82) is 0 Å². The van der Waals surface area contributed by atoms with Gasteiger partial charge in [0.15, 0.2) is 6.61 Å². The van der Waals surface area contributed by atoms with Gasteiger partial charge in [0.05, 0.1) is 0 Å². The molecule has 1 atom stereocenters. The molecule has 0 bridgehead atoms. The molecule has 1 unspecified atom stereocenters. The molecule has 116 valence electrons. The van der Waals surface area contributed by atoms with Gasteiger partial charge in [0.1, 0.15) is 5.75 Å². The van der Waals surface area contributed by atoms with E-state index in [1.807, 2.05) is 23.1 Å². The van der Waals surface area contributed by atoms with Crippen molar-refractivity contribution in [3.8, 4) is 5.75 Å². The van der Waals surface area contributed by atoms with E-state index in [0.717, 1.165) is 38.1 Å². The quantitative estimate of drug-likeness (QED) is 0.906. The summed E-state index contributed by atoms with van der Waals surface area (Å²) in [5.74, 6) is 1.32. The van der Waals surface area contributed by atoms with Crippen LogP contribution in [0.5, 0.6) is 5.75 Å². The molecule has 0 saturated carbocycles. The first-order valence-corrected chi connectivity index (χ1v) is 7.87. The molecule has 2 N–H and O–H groups in total. The molecule has 0 spiro atoms. The number of benzene rings is 1. The van der Waals surface area contributed by atoms with Crippen molar-refractivity contribution in [1.82, 2.24) is 4.90 Å². The summed E-state index contributed by atoms with van der Waals surface area (Å²) >= 11 is 0. The zero-order chi connectivity index (χ0) is 15.2. The van der Waals surface area contributed by atoms with Crippen molar-refractivity contribution >= 4 is 5.91 Å². The van der Waals surface area contributed by atoms with Crippen LogP contribution in [0, 0.1) is 0 Å². The summed E-state index contributed by atoms with van der Waals surface area (Å²) in [7, 11) is 0. The number of amides is 1. The highest BCUT2D eigenvalue weighted by Crippen LogP contribution is 2.28. The Bertz CT molecular complexity index is 468. The van der Waals surface area contributed by atoms with E-state index in [4.69, 9.17) is 10.5 Å². The van der Waals surface area contributed by atoms with Crippen LogP contribution in [0.15, 0.2) is 24.3 Å². The SMILES string of the molecule is CCC(C)c1ccccc1OCC(=O)N1CCC(N)CC1. The maximum Gasteiger partial charge on any atom is 0.260 e. The summed E-state index contributed by atoms with van der Waals surface area (Å²) < 4.78 is 5.78. The van der Waals surface area contributed by atoms with Crippen LogP contribution < -0.4 is 10.5 Å². The number of rotatable bonds is 5. The fourth-order valence-electron chi connectivity index (χ4n) is 2.62. The first-order chi connectivity index (χ1) is 10.1. The summed E-state index contributed by atoms with van der Waals surface area (Å²) in [4.78, 5) is 14.0. The van der Waals surface area contributed by atoms with Gasteiger partial charge in [0.2, 0.25) is 0 Å². The molecular formula is C17H26N2O2. The zero-order valence-electron chi connectivity index (χ0n) is 13.0. The fourth-order valence-corrected chi connectivity index (χ4v) is 2.62. The Morgan fingerprint density at radius 3 is 2.71 bits per heavy atom. The van der Waals surface area contributed by atoms with Crippen LogP contribution in [0.3, 0.4) is 0 Å². The molecule has 1 fully saturated rings. The summed E-state index contributed by atoms with van der Waals surface area (Å²) in [6.45, 7) is 5.94. The van der Waals surface area contributed by atoms with Crippen LogP contribution >= 0.6 is 0 Å². The minimum absolute atomic E-state index is 0.0563. The fraction of sp³-hybridized carbons (Fsp3) is 0.588. The van der Waals surface area contributed by atoms with Gasteiger partial charge in [0, 0.05) is 19.1 Å². The van der Waals surface area contributed by atoms with E-state index in [0.29, 0.717) is 5.92 Å². The molecule has 1 aromatic rings. The number of hydrogen-bond acceptors (Lipinski definition) is 3. The zero-order valence-corrected chi connectivity index (χ0v) is 13.0. The van der Waals surface area contributed by atoms with Crippen LogP contribution in [0.2, 0.25) is 0 Å². The maximum atomic E-state index is 12.2. The molecule has 1 amide bonds. The molecule has 0 radical (unpaired) electrons. The Labute approximate surface area is 127 Å². The average Bonchev–Trinajstić information content (AvgIpc) is 2.52. The van der Waals surface area contributed by atoms with Crippen molar-refractivity contribution < 1.29 is 9.53 Å². The van der Waals surface area contributed by atoms with Gasteiger partial charge in [-0.25, -0.2) is 0 Å². The standard InChI is InChI=1S/C17H26N2O2/c1-3-13(2)15-6-4-5-7-16(15)21-12-17(20)19-10-8-14(18)9-11-19/h4-7,13-14H,3,8-12,18H2,1-2H3. The smallest absolute Gasteiger partial charge is 0.260 e. The number of carbonyl (C=O) groups excluding carboxylic acids is 1. The second-order valence-electron chi connectivity index (χ2n) is 5.85. The highest BCUT2D eigenvalue weighted by atomic mass is 16.5. The van der Waals surface area contributed by atoms with Crippen LogP contribution in [0.1, 0.15) is 44.6 Å². The van der Waals surface area contributed by atoms with Crippen molar-refractivity contribution in [3.63, 3.8) is 0 Å². The van der Waals surface area contributed by atoms with Gasteiger partial charge in [0.25, 0.3) is 5.91 Å². The Morgan fingerprint density at radius 1 is 1.38 bits per heavy atom. The van der Waals surface area contributed by atoms with Crippen molar-refractivity contribution in [2.24, 2.45) is 5.73 Å². The van der Waals surface area contributed by atoms with E-state index in [2.05, 4.69) is 19.9 Å². The molecule has 1 heterocycles. The normalized spacial score (nSPS) is 17.6. The van der Waals surface area contributed by atoms with Crippen molar-refractivity contribution in [2.45, 2.75) is 45.1 Å². The van der Waals surface area contributed by atoms with E-state index >= 15 is 0 Å². The third kappa shape index (κ3) is 4.21. The predicted octanol–water partition coefficient (Wildman–Crippen LogP) is 2.53. The summed E-state index contributed by atoms with van der Waals surface area (Å²) in [5.41, 5.74) is 7.04. The molecule has 2 rings (SSSR count). The molecule has 4 nitrogen and oxygen atoms in total. The Morgan fingerprint density at radius 2 is 2.05 bits per heavy atom. The first-order valence-electron chi connectivity index (χ1n) is 7.87. The number of hydrogen-bond donors (Lipinski definition) is 1. The molecule has 1 aromatic carbocycles. The third-order valence-corrected chi connectivity index (χ3v) is 4.31. The highest BCUT2D eigenvalue weighted by Gasteiger charge is 2.21. The molecule has 4 heteroatoms. The minimum Gasteiger partial charge on any atom is -0.483 e. The lowest BCUT2D eigenvalue weighted by molar-refractivity contribution is -0.134. The van der Waals surface area contributed by atoms with Gasteiger partial charge in [-0.2, -0.15) is 0 Å². The Balaban J connectivity index is 1.92. The number of carbonyl (C=O) groups is 1. The molecule has 21 heavy (non-hydrogen) atoms. The van der Waals surface area contributed by atoms with Gasteiger partial charge < -0.3 is 15.4 Å². The number of likely N-dealkylation sites (tertiary alicyclic amines) is 1. The van der Waals surface area contributed by atoms with E-state index in [1.165, 1.54) is 5.56 Å². The summed E-state index contributed by atoms with van der Waals surface area (Å²) in [5, 5.41) is 0. The van der Waals surface area contributed by atoms with Gasteiger partial charge >= 0.3 is 0 Å². The van der Waals surface area contributed by atoms with Crippen molar-refractivity contribution in [3.05, 3.63) is 29.8 Å². The minimum atomic E-state index is 0.0563. The number of para-hydroxylation sites is 1. The molecule has 1 aliphatic rings. The first kappa shape index (κ1) is 15.8. The van der Waals surface area contributed by atoms with Gasteiger partial charge in [-0.3, -0.25) is 4.79 Å². The van der Waals surface area contributed by atoms with E-state index in [-0.39, 0.29) is 18.6 Å². The molecule has 1 aliphatic heterocycles. The van der Waals surface area contributed by atoms with Crippen LogP contribution in [0.4, 0.5) is 0 Å². The highest BCUT2D eigenvalue weighted by molar-refractivity contribution is 5.77. The van der Waals surface area contributed by atoms with Crippen molar-refractivity contribution in [2.75, 3.05) is 19.7 Å². The molecular weight excluding hydrogens is 264 g/mol. The maximum absolute atomic E-state index is 12.2.